The molecule has 0 aliphatic carbocycles. The van der Waals surface area contributed by atoms with Gasteiger partial charge in [0.05, 0.1) is 0 Å². The maximum Gasteiger partial charge on any atom is 0.161 e. The molecule has 0 saturated carbocycles. The SMILES string of the molecule is FC1CNCCC1NCc1ccc2c(c1)OCCO2. The molecule has 104 valence electrons. The van der Waals surface area contributed by atoms with Crippen molar-refractivity contribution < 1.29 is 13.9 Å². The Morgan fingerprint density at radius 3 is 2.95 bits per heavy atom. The lowest BCUT2D eigenvalue weighted by molar-refractivity contribution is 0.171. The molecular formula is C14H19FN2O2. The predicted octanol–water partition coefficient (Wildman–Crippen LogP) is 1.25. The molecule has 3 rings (SSSR count). The number of nitrogens with one attached hydrogen (secondary N) is 2. The van der Waals surface area contributed by atoms with Crippen LogP contribution in [0.25, 0.3) is 0 Å². The molecule has 19 heavy (non-hydrogen) atoms. The lowest BCUT2D eigenvalue weighted by atomic mass is 10.0. The third kappa shape index (κ3) is 2.98. The predicted molar refractivity (Wildman–Crippen MR) is 70.4 cm³/mol. The summed E-state index contributed by atoms with van der Waals surface area (Å²) in [5.41, 5.74) is 1.09. The molecule has 1 aromatic rings. The maximum atomic E-state index is 13.7. The van der Waals surface area contributed by atoms with Gasteiger partial charge in [-0.25, -0.2) is 4.39 Å². The minimum atomic E-state index is -0.814. The van der Waals surface area contributed by atoms with Crippen LogP contribution in [0.3, 0.4) is 0 Å². The number of alkyl halides is 1. The van der Waals surface area contributed by atoms with Crippen LogP contribution in [0.15, 0.2) is 18.2 Å². The minimum Gasteiger partial charge on any atom is -0.486 e. The summed E-state index contributed by atoms with van der Waals surface area (Å²) in [6, 6.07) is 5.82. The minimum absolute atomic E-state index is 0.0607. The van der Waals surface area contributed by atoms with E-state index in [9.17, 15) is 4.39 Å². The van der Waals surface area contributed by atoms with Gasteiger partial charge in [0.15, 0.2) is 11.5 Å². The van der Waals surface area contributed by atoms with Crippen LogP contribution in [0.2, 0.25) is 0 Å². The van der Waals surface area contributed by atoms with Crippen molar-refractivity contribution in [1.82, 2.24) is 10.6 Å². The van der Waals surface area contributed by atoms with Crippen molar-refractivity contribution >= 4 is 0 Å². The van der Waals surface area contributed by atoms with Gasteiger partial charge in [0.2, 0.25) is 0 Å². The van der Waals surface area contributed by atoms with Gasteiger partial charge < -0.3 is 20.1 Å². The topological polar surface area (TPSA) is 42.5 Å². The first-order chi connectivity index (χ1) is 9.33. The van der Waals surface area contributed by atoms with Crippen molar-refractivity contribution in [2.24, 2.45) is 0 Å². The van der Waals surface area contributed by atoms with Crippen molar-refractivity contribution in [3.05, 3.63) is 23.8 Å². The third-order valence-corrected chi connectivity index (χ3v) is 3.58. The summed E-state index contributed by atoms with van der Waals surface area (Å²) in [6.45, 7) is 3.16. The summed E-state index contributed by atoms with van der Waals surface area (Å²) in [4.78, 5) is 0. The van der Waals surface area contributed by atoms with Gasteiger partial charge in [-0.3, -0.25) is 0 Å². The highest BCUT2D eigenvalue weighted by atomic mass is 19.1. The number of hydrogen-bond donors (Lipinski definition) is 2. The molecule has 2 heterocycles. The summed E-state index contributed by atoms with van der Waals surface area (Å²) < 4.78 is 24.7. The standard InChI is InChI=1S/C14H19FN2O2/c15-11-9-16-4-3-12(11)17-8-10-1-2-13-14(7-10)19-6-5-18-13/h1-2,7,11-12,16-17H,3-6,8-9H2. The first-order valence-electron chi connectivity index (χ1n) is 6.79. The summed E-state index contributed by atoms with van der Waals surface area (Å²) in [7, 11) is 0. The first-order valence-corrected chi connectivity index (χ1v) is 6.79. The largest absolute Gasteiger partial charge is 0.486 e. The molecule has 5 heteroatoms. The van der Waals surface area contributed by atoms with E-state index in [1.54, 1.807) is 0 Å². The molecule has 2 aliphatic heterocycles. The van der Waals surface area contributed by atoms with Crippen molar-refractivity contribution in [3.8, 4) is 11.5 Å². The Morgan fingerprint density at radius 2 is 2.11 bits per heavy atom. The second-order valence-corrected chi connectivity index (χ2v) is 4.97. The molecule has 2 N–H and O–H groups in total. The van der Waals surface area contributed by atoms with Gasteiger partial charge in [-0.15, -0.1) is 0 Å². The van der Waals surface area contributed by atoms with Crippen molar-refractivity contribution in [2.75, 3.05) is 26.3 Å². The molecule has 0 aromatic heterocycles. The Kier molecular flexibility index (Phi) is 3.84. The Balaban J connectivity index is 1.60. The van der Waals surface area contributed by atoms with Crippen LogP contribution < -0.4 is 20.1 Å². The summed E-state index contributed by atoms with van der Waals surface area (Å²) >= 11 is 0. The molecule has 2 aliphatic rings. The number of hydrogen-bond acceptors (Lipinski definition) is 4. The van der Waals surface area contributed by atoms with Crippen LogP contribution in [0, 0.1) is 0 Å². The lowest BCUT2D eigenvalue weighted by Gasteiger charge is -2.27. The van der Waals surface area contributed by atoms with Gasteiger partial charge in [0.25, 0.3) is 0 Å². The zero-order valence-corrected chi connectivity index (χ0v) is 10.8. The van der Waals surface area contributed by atoms with E-state index < -0.39 is 6.17 Å². The molecule has 1 saturated heterocycles. The fourth-order valence-electron chi connectivity index (χ4n) is 2.50. The van der Waals surface area contributed by atoms with Gasteiger partial charge in [0, 0.05) is 19.1 Å². The summed E-state index contributed by atoms with van der Waals surface area (Å²) in [6.07, 6.45) is 0.0112. The molecule has 0 amide bonds. The molecular weight excluding hydrogens is 247 g/mol. The van der Waals surface area contributed by atoms with E-state index in [1.165, 1.54) is 0 Å². The Morgan fingerprint density at radius 1 is 1.26 bits per heavy atom. The van der Waals surface area contributed by atoms with E-state index in [0.717, 1.165) is 30.0 Å². The van der Waals surface area contributed by atoms with Crippen LogP contribution in [-0.4, -0.2) is 38.5 Å². The van der Waals surface area contributed by atoms with E-state index in [1.807, 2.05) is 18.2 Å². The molecule has 4 nitrogen and oxygen atoms in total. The maximum absolute atomic E-state index is 13.7. The number of halogens is 1. The van der Waals surface area contributed by atoms with Crippen molar-refractivity contribution in [1.29, 1.82) is 0 Å². The van der Waals surface area contributed by atoms with Crippen LogP contribution in [-0.2, 0) is 6.54 Å². The van der Waals surface area contributed by atoms with E-state index in [0.29, 0.717) is 26.3 Å². The van der Waals surface area contributed by atoms with Crippen LogP contribution in [0.5, 0.6) is 11.5 Å². The average molecular weight is 266 g/mol. The number of rotatable bonds is 3. The van der Waals surface area contributed by atoms with Crippen LogP contribution in [0.1, 0.15) is 12.0 Å². The van der Waals surface area contributed by atoms with Gasteiger partial charge in [-0.05, 0) is 30.7 Å². The van der Waals surface area contributed by atoms with E-state index in [2.05, 4.69) is 10.6 Å². The van der Waals surface area contributed by atoms with Gasteiger partial charge >= 0.3 is 0 Å². The quantitative estimate of drug-likeness (QED) is 0.864. The van der Waals surface area contributed by atoms with Crippen LogP contribution in [0.4, 0.5) is 4.39 Å². The van der Waals surface area contributed by atoms with Gasteiger partial charge in [-0.1, -0.05) is 6.07 Å². The molecule has 2 unspecified atom stereocenters. The van der Waals surface area contributed by atoms with Gasteiger partial charge in [0.1, 0.15) is 19.4 Å². The fourth-order valence-corrected chi connectivity index (χ4v) is 2.50. The van der Waals surface area contributed by atoms with E-state index in [-0.39, 0.29) is 6.04 Å². The molecule has 1 aromatic carbocycles. The molecule has 2 atom stereocenters. The molecule has 1 fully saturated rings. The third-order valence-electron chi connectivity index (χ3n) is 3.58. The highest BCUT2D eigenvalue weighted by molar-refractivity contribution is 5.43. The molecule has 0 radical (unpaired) electrons. The number of piperidine rings is 1. The zero-order chi connectivity index (χ0) is 13.1. The van der Waals surface area contributed by atoms with Crippen LogP contribution >= 0.6 is 0 Å². The second-order valence-electron chi connectivity index (χ2n) is 4.97. The average Bonchev–Trinajstić information content (AvgIpc) is 2.46. The lowest BCUT2D eigenvalue weighted by Crippen LogP contribution is -2.48. The fraction of sp³-hybridized carbons (Fsp3) is 0.571. The van der Waals surface area contributed by atoms with E-state index >= 15 is 0 Å². The molecule has 0 bridgehead atoms. The monoisotopic (exact) mass is 266 g/mol. The van der Waals surface area contributed by atoms with Gasteiger partial charge in [-0.2, -0.15) is 0 Å². The smallest absolute Gasteiger partial charge is 0.161 e. The second kappa shape index (κ2) is 5.75. The first kappa shape index (κ1) is 12.7. The Labute approximate surface area is 112 Å². The van der Waals surface area contributed by atoms with Crippen molar-refractivity contribution in [2.45, 2.75) is 25.2 Å². The number of benzene rings is 1. The summed E-state index contributed by atoms with van der Waals surface area (Å²) in [5, 5.41) is 6.34. The molecule has 0 spiro atoms. The summed E-state index contributed by atoms with van der Waals surface area (Å²) in [5.74, 6) is 1.58. The number of fused-ring (bicyclic) bond motifs is 1. The zero-order valence-electron chi connectivity index (χ0n) is 10.8. The number of ether oxygens (including phenoxy) is 2. The Hall–Kier alpha value is -1.33. The van der Waals surface area contributed by atoms with E-state index in [4.69, 9.17) is 9.47 Å². The normalized spacial score (nSPS) is 26.2. The Bertz CT molecular complexity index is 441. The highest BCUT2D eigenvalue weighted by Gasteiger charge is 2.23. The highest BCUT2D eigenvalue weighted by Crippen LogP contribution is 2.30. The van der Waals surface area contributed by atoms with Crippen molar-refractivity contribution in [3.63, 3.8) is 0 Å².